The van der Waals surface area contributed by atoms with E-state index in [9.17, 15) is 0 Å². The van der Waals surface area contributed by atoms with E-state index in [0.29, 0.717) is 6.61 Å². The number of benzene rings is 1. The maximum Gasteiger partial charge on any atom is 0.112 e. The highest BCUT2D eigenvalue weighted by molar-refractivity contribution is 6.98. The summed E-state index contributed by atoms with van der Waals surface area (Å²) in [6, 6.07) is 10.8. The van der Waals surface area contributed by atoms with Gasteiger partial charge in [0.15, 0.2) is 0 Å². The lowest BCUT2D eigenvalue weighted by Crippen LogP contribution is -2.47. The first-order chi connectivity index (χ1) is 12.1. The smallest absolute Gasteiger partial charge is 0.112 e. The minimum Gasteiger partial charge on any atom is -0.373 e. The molecule has 0 saturated carbocycles. The molecule has 0 aliphatic carbocycles. The van der Waals surface area contributed by atoms with Crippen molar-refractivity contribution in [3.63, 3.8) is 0 Å². The standard InChI is InChI=1S/C22H33NOSi2/c1-18(2)13-15-24-16-20(17-25(3,4)5)26(6,7)21-12-8-10-19-11-9-14-23-22(19)21/h8-14,17H,15-16H2,1-7H3/b20-17+. The number of pyridine rings is 1. The monoisotopic (exact) mass is 383 g/mol. The molecule has 0 amide bonds. The summed E-state index contributed by atoms with van der Waals surface area (Å²) in [5, 5.41) is 4.13. The summed E-state index contributed by atoms with van der Waals surface area (Å²) in [5.74, 6) is 0. The van der Waals surface area contributed by atoms with E-state index in [1.54, 1.807) is 0 Å². The molecule has 1 heterocycles. The highest BCUT2D eigenvalue weighted by Gasteiger charge is 2.32. The predicted molar refractivity (Wildman–Crippen MR) is 121 cm³/mol. The Morgan fingerprint density at radius 3 is 2.38 bits per heavy atom. The molecule has 1 aromatic heterocycles. The molecule has 2 nitrogen and oxygen atoms in total. The van der Waals surface area contributed by atoms with Gasteiger partial charge in [-0.05, 0) is 25.1 Å². The summed E-state index contributed by atoms with van der Waals surface area (Å²) >= 11 is 0. The average molecular weight is 384 g/mol. The first-order valence-electron chi connectivity index (χ1n) is 9.39. The quantitative estimate of drug-likeness (QED) is 0.359. The summed E-state index contributed by atoms with van der Waals surface area (Å²) in [6.45, 7) is 17.7. The van der Waals surface area contributed by atoms with Crippen molar-refractivity contribution in [3.8, 4) is 0 Å². The molecule has 0 aliphatic heterocycles. The second kappa shape index (κ2) is 8.46. The molecule has 0 aliphatic rings. The molecule has 0 fully saturated rings. The largest absolute Gasteiger partial charge is 0.373 e. The molecule has 2 rings (SSSR count). The molecular formula is C22H33NOSi2. The lowest BCUT2D eigenvalue weighted by atomic mass is 10.2. The van der Waals surface area contributed by atoms with Gasteiger partial charge in [0, 0.05) is 11.6 Å². The normalized spacial score (nSPS) is 13.1. The maximum absolute atomic E-state index is 6.06. The van der Waals surface area contributed by atoms with Gasteiger partial charge in [0.2, 0.25) is 0 Å². The number of hydrogen-bond donors (Lipinski definition) is 0. The van der Waals surface area contributed by atoms with Gasteiger partial charge in [0.25, 0.3) is 0 Å². The number of allylic oxidation sites excluding steroid dienone is 1. The molecule has 4 heteroatoms. The van der Waals surface area contributed by atoms with Crippen LogP contribution in [0, 0.1) is 0 Å². The average Bonchev–Trinajstić information content (AvgIpc) is 2.55. The number of rotatable bonds is 7. The molecule has 0 radical (unpaired) electrons. The zero-order valence-corrected chi connectivity index (χ0v) is 19.4. The van der Waals surface area contributed by atoms with Gasteiger partial charge in [-0.3, -0.25) is 4.98 Å². The van der Waals surface area contributed by atoms with E-state index in [2.05, 4.69) is 82.6 Å². The Morgan fingerprint density at radius 1 is 1.04 bits per heavy atom. The number of fused-ring (bicyclic) bond motifs is 1. The molecule has 1 aromatic carbocycles. The molecule has 0 bridgehead atoms. The molecule has 26 heavy (non-hydrogen) atoms. The maximum atomic E-state index is 6.06. The zero-order valence-electron chi connectivity index (χ0n) is 17.4. The molecule has 0 spiro atoms. The summed E-state index contributed by atoms with van der Waals surface area (Å²) in [7, 11) is -3.23. The number of aromatic nitrogens is 1. The minimum atomic E-state index is -1.87. The van der Waals surface area contributed by atoms with Gasteiger partial charge in [-0.25, -0.2) is 0 Å². The Kier molecular flexibility index (Phi) is 6.77. The Hall–Kier alpha value is -1.50. The van der Waals surface area contributed by atoms with Crippen LogP contribution in [0.3, 0.4) is 0 Å². The van der Waals surface area contributed by atoms with Crippen molar-refractivity contribution >= 4 is 32.2 Å². The van der Waals surface area contributed by atoms with Crippen LogP contribution in [0.5, 0.6) is 0 Å². The zero-order chi connectivity index (χ0) is 19.4. The summed E-state index contributed by atoms with van der Waals surface area (Å²) in [4.78, 5) is 4.71. The summed E-state index contributed by atoms with van der Waals surface area (Å²) in [5.41, 5.74) is 5.01. The van der Waals surface area contributed by atoms with E-state index >= 15 is 0 Å². The van der Waals surface area contributed by atoms with E-state index < -0.39 is 16.1 Å². The van der Waals surface area contributed by atoms with Crippen LogP contribution in [0.1, 0.15) is 13.8 Å². The second-order valence-electron chi connectivity index (χ2n) is 8.84. The van der Waals surface area contributed by atoms with Gasteiger partial charge in [0.05, 0.1) is 26.8 Å². The Bertz CT molecular complexity index is 807. The number of ether oxygens (including phenoxy) is 1. The first kappa shape index (κ1) is 20.8. The van der Waals surface area contributed by atoms with Crippen molar-refractivity contribution in [2.75, 3.05) is 13.2 Å². The van der Waals surface area contributed by atoms with Crippen LogP contribution >= 0.6 is 0 Å². The molecule has 0 atom stereocenters. The molecule has 2 aromatic rings. The fourth-order valence-electron chi connectivity index (χ4n) is 3.10. The summed E-state index contributed by atoms with van der Waals surface area (Å²) in [6.07, 6.45) is 4.06. The Labute approximate surface area is 161 Å². The summed E-state index contributed by atoms with van der Waals surface area (Å²) < 4.78 is 6.06. The Morgan fingerprint density at radius 2 is 1.73 bits per heavy atom. The first-order valence-corrected chi connectivity index (χ1v) is 16.0. The minimum absolute atomic E-state index is 0.684. The van der Waals surface area contributed by atoms with Crippen LogP contribution in [0.15, 0.2) is 59.1 Å². The second-order valence-corrected chi connectivity index (χ2v) is 18.3. The topological polar surface area (TPSA) is 22.1 Å². The van der Waals surface area contributed by atoms with Crippen molar-refractivity contribution < 1.29 is 4.74 Å². The van der Waals surface area contributed by atoms with Gasteiger partial charge in [-0.2, -0.15) is 0 Å². The Balaban J connectivity index is 2.44. The van der Waals surface area contributed by atoms with Crippen molar-refractivity contribution in [1.29, 1.82) is 0 Å². The van der Waals surface area contributed by atoms with Crippen LogP contribution in [-0.2, 0) is 4.74 Å². The lowest BCUT2D eigenvalue weighted by molar-refractivity contribution is 0.190. The van der Waals surface area contributed by atoms with Crippen LogP contribution in [0.25, 0.3) is 10.9 Å². The van der Waals surface area contributed by atoms with E-state index in [-0.39, 0.29) is 0 Å². The molecule has 0 unspecified atom stereocenters. The SMILES string of the molecule is CC(C)=CCOC/C(=C\[Si](C)(C)C)[Si](C)(C)c1cccc2cccnc12. The lowest BCUT2D eigenvalue weighted by Gasteiger charge is -2.30. The predicted octanol–water partition coefficient (Wildman–Crippen LogP) is 5.48. The van der Waals surface area contributed by atoms with Crippen LogP contribution in [0.2, 0.25) is 32.7 Å². The van der Waals surface area contributed by atoms with E-state index in [1.165, 1.54) is 21.3 Å². The van der Waals surface area contributed by atoms with Gasteiger partial charge in [0.1, 0.15) is 8.07 Å². The number of hydrogen-bond acceptors (Lipinski definition) is 2. The van der Waals surface area contributed by atoms with E-state index in [4.69, 9.17) is 9.72 Å². The van der Waals surface area contributed by atoms with Crippen molar-refractivity contribution in [2.24, 2.45) is 0 Å². The van der Waals surface area contributed by atoms with Gasteiger partial charge >= 0.3 is 0 Å². The van der Waals surface area contributed by atoms with Crippen LogP contribution in [0.4, 0.5) is 0 Å². The van der Waals surface area contributed by atoms with Crippen molar-refractivity contribution in [3.05, 3.63) is 59.1 Å². The van der Waals surface area contributed by atoms with Crippen LogP contribution in [-0.4, -0.2) is 34.3 Å². The molecule has 0 N–H and O–H groups in total. The van der Waals surface area contributed by atoms with E-state index in [1.807, 2.05) is 12.3 Å². The molecular weight excluding hydrogens is 350 g/mol. The van der Waals surface area contributed by atoms with Gasteiger partial charge in [-0.1, -0.05) is 79.5 Å². The van der Waals surface area contributed by atoms with E-state index in [0.717, 1.165) is 12.1 Å². The van der Waals surface area contributed by atoms with Gasteiger partial charge < -0.3 is 4.74 Å². The highest BCUT2D eigenvalue weighted by atomic mass is 28.3. The third kappa shape index (κ3) is 5.50. The number of nitrogens with zero attached hydrogens (tertiary/aromatic N) is 1. The third-order valence-electron chi connectivity index (χ3n) is 4.58. The van der Waals surface area contributed by atoms with Gasteiger partial charge in [-0.15, -0.1) is 0 Å². The van der Waals surface area contributed by atoms with Crippen molar-refractivity contribution in [2.45, 2.75) is 46.6 Å². The fraction of sp³-hybridized carbons (Fsp3) is 0.409. The molecule has 140 valence electrons. The van der Waals surface area contributed by atoms with Crippen molar-refractivity contribution in [1.82, 2.24) is 4.98 Å². The van der Waals surface area contributed by atoms with Crippen LogP contribution < -0.4 is 5.19 Å². The highest BCUT2D eigenvalue weighted by Crippen LogP contribution is 2.22. The number of para-hydroxylation sites is 1. The third-order valence-corrected chi connectivity index (χ3v) is 9.73. The molecule has 0 saturated heterocycles. The fourth-order valence-corrected chi connectivity index (χ4v) is 9.09.